The standard InChI is InChI=1S/C19H21NO5S/c1-3-26(24,25)17-6-4-5-14(11-17)12-18(21)20-16-9-7-15(8-10-16)13(2)19(22)23/h4-11,13H,3,12H2,1-2H3,(H,20,21)(H,22,23). The molecule has 0 aliphatic rings. The van der Waals surface area contributed by atoms with Crippen LogP contribution in [-0.2, 0) is 25.8 Å². The molecule has 0 spiro atoms. The summed E-state index contributed by atoms with van der Waals surface area (Å²) in [6, 6.07) is 12.9. The fraction of sp³-hybridized carbons (Fsp3) is 0.263. The first kappa shape index (κ1) is 19.7. The summed E-state index contributed by atoms with van der Waals surface area (Å²) in [4.78, 5) is 23.4. The summed E-state index contributed by atoms with van der Waals surface area (Å²) in [5, 5.41) is 11.7. The lowest BCUT2D eigenvalue weighted by Crippen LogP contribution is -2.15. The van der Waals surface area contributed by atoms with Gasteiger partial charge in [-0.25, -0.2) is 8.42 Å². The lowest BCUT2D eigenvalue weighted by atomic mass is 10.0. The largest absolute Gasteiger partial charge is 0.481 e. The van der Waals surface area contributed by atoms with Gasteiger partial charge in [0.2, 0.25) is 5.91 Å². The van der Waals surface area contributed by atoms with E-state index in [1.165, 1.54) is 12.1 Å². The van der Waals surface area contributed by atoms with Gasteiger partial charge in [-0.15, -0.1) is 0 Å². The minimum absolute atomic E-state index is 0.00373. The highest BCUT2D eigenvalue weighted by atomic mass is 32.2. The first-order chi connectivity index (χ1) is 12.2. The van der Waals surface area contributed by atoms with E-state index in [4.69, 9.17) is 5.11 Å². The van der Waals surface area contributed by atoms with Gasteiger partial charge in [0.15, 0.2) is 9.84 Å². The third-order valence-electron chi connectivity index (χ3n) is 4.07. The minimum atomic E-state index is -3.32. The van der Waals surface area contributed by atoms with Gasteiger partial charge in [0.25, 0.3) is 0 Å². The van der Waals surface area contributed by atoms with E-state index in [1.807, 2.05) is 0 Å². The normalized spacial score (nSPS) is 12.4. The first-order valence-electron chi connectivity index (χ1n) is 8.17. The molecule has 2 aromatic rings. The van der Waals surface area contributed by atoms with Crippen molar-refractivity contribution in [3.63, 3.8) is 0 Å². The molecule has 0 fully saturated rings. The van der Waals surface area contributed by atoms with Gasteiger partial charge in [0, 0.05) is 5.69 Å². The molecule has 7 heteroatoms. The van der Waals surface area contributed by atoms with Gasteiger partial charge in [-0.2, -0.15) is 0 Å². The maximum atomic E-state index is 12.2. The molecular weight excluding hydrogens is 354 g/mol. The van der Waals surface area contributed by atoms with Gasteiger partial charge in [0.1, 0.15) is 0 Å². The van der Waals surface area contributed by atoms with E-state index in [0.29, 0.717) is 16.8 Å². The van der Waals surface area contributed by atoms with Crippen molar-refractivity contribution in [1.29, 1.82) is 0 Å². The number of carboxylic acids is 1. The van der Waals surface area contributed by atoms with E-state index in [0.717, 1.165) is 0 Å². The summed E-state index contributed by atoms with van der Waals surface area (Å²) in [6.07, 6.45) is 0.0420. The Morgan fingerprint density at radius 2 is 1.77 bits per heavy atom. The van der Waals surface area contributed by atoms with E-state index < -0.39 is 21.7 Å². The number of amides is 1. The topological polar surface area (TPSA) is 101 Å². The lowest BCUT2D eigenvalue weighted by molar-refractivity contribution is -0.138. The highest BCUT2D eigenvalue weighted by Gasteiger charge is 2.14. The average molecular weight is 375 g/mol. The molecule has 0 saturated carbocycles. The van der Waals surface area contributed by atoms with Crippen LogP contribution < -0.4 is 5.32 Å². The number of carbonyl (C=O) groups is 2. The Bertz CT molecular complexity index is 904. The van der Waals surface area contributed by atoms with Crippen LogP contribution in [0.3, 0.4) is 0 Å². The molecule has 1 atom stereocenters. The van der Waals surface area contributed by atoms with Gasteiger partial charge < -0.3 is 10.4 Å². The van der Waals surface area contributed by atoms with Crippen molar-refractivity contribution in [3.8, 4) is 0 Å². The molecule has 0 aromatic heterocycles. The predicted octanol–water partition coefficient (Wildman–Crippen LogP) is 2.85. The maximum absolute atomic E-state index is 12.2. The second-order valence-corrected chi connectivity index (χ2v) is 8.24. The molecule has 26 heavy (non-hydrogen) atoms. The van der Waals surface area contributed by atoms with Crippen molar-refractivity contribution in [3.05, 3.63) is 59.7 Å². The van der Waals surface area contributed by atoms with Crippen LogP contribution in [0.25, 0.3) is 0 Å². The summed E-state index contributed by atoms with van der Waals surface area (Å²) in [6.45, 7) is 3.16. The van der Waals surface area contributed by atoms with Gasteiger partial charge >= 0.3 is 5.97 Å². The summed E-state index contributed by atoms with van der Waals surface area (Å²) in [7, 11) is -3.32. The third kappa shape index (κ3) is 4.92. The number of nitrogens with one attached hydrogen (secondary N) is 1. The van der Waals surface area contributed by atoms with Crippen LogP contribution >= 0.6 is 0 Å². The molecule has 0 saturated heterocycles. The number of anilines is 1. The van der Waals surface area contributed by atoms with Crippen LogP contribution in [0.2, 0.25) is 0 Å². The lowest BCUT2D eigenvalue weighted by Gasteiger charge is -2.09. The zero-order valence-electron chi connectivity index (χ0n) is 14.6. The zero-order chi connectivity index (χ0) is 19.3. The van der Waals surface area contributed by atoms with Crippen molar-refractivity contribution in [2.75, 3.05) is 11.1 Å². The highest BCUT2D eigenvalue weighted by Crippen LogP contribution is 2.19. The summed E-state index contributed by atoms with van der Waals surface area (Å²) < 4.78 is 23.8. The maximum Gasteiger partial charge on any atom is 0.310 e. The van der Waals surface area contributed by atoms with Crippen molar-refractivity contribution < 1.29 is 23.1 Å². The van der Waals surface area contributed by atoms with E-state index in [9.17, 15) is 18.0 Å². The van der Waals surface area contributed by atoms with Gasteiger partial charge in [0.05, 0.1) is 23.0 Å². The molecule has 1 unspecified atom stereocenters. The Morgan fingerprint density at radius 3 is 2.35 bits per heavy atom. The quantitative estimate of drug-likeness (QED) is 0.775. The Labute approximate surface area is 152 Å². The Balaban J connectivity index is 2.05. The molecular formula is C19H21NO5S. The van der Waals surface area contributed by atoms with Crippen LogP contribution in [0.1, 0.15) is 30.9 Å². The summed E-state index contributed by atoms with van der Waals surface area (Å²) in [5.41, 5.74) is 1.80. The molecule has 6 nitrogen and oxygen atoms in total. The summed E-state index contributed by atoms with van der Waals surface area (Å²) >= 11 is 0. The number of rotatable bonds is 7. The number of hydrogen-bond acceptors (Lipinski definition) is 4. The second-order valence-electron chi connectivity index (χ2n) is 5.96. The monoisotopic (exact) mass is 375 g/mol. The molecule has 2 N–H and O–H groups in total. The van der Waals surface area contributed by atoms with Crippen molar-refractivity contribution in [1.82, 2.24) is 0 Å². The third-order valence-corrected chi connectivity index (χ3v) is 5.80. The number of aliphatic carboxylic acids is 1. The molecule has 0 aliphatic heterocycles. The zero-order valence-corrected chi connectivity index (χ0v) is 15.4. The van der Waals surface area contributed by atoms with Crippen LogP contribution in [0.15, 0.2) is 53.4 Å². The summed E-state index contributed by atoms with van der Waals surface area (Å²) in [5.74, 6) is -1.81. The smallest absolute Gasteiger partial charge is 0.310 e. The second kappa shape index (κ2) is 8.14. The molecule has 0 radical (unpaired) electrons. The van der Waals surface area contributed by atoms with Crippen molar-refractivity contribution >= 4 is 27.4 Å². The van der Waals surface area contributed by atoms with Crippen molar-refractivity contribution in [2.24, 2.45) is 0 Å². The molecule has 0 heterocycles. The van der Waals surface area contributed by atoms with E-state index >= 15 is 0 Å². The highest BCUT2D eigenvalue weighted by molar-refractivity contribution is 7.91. The van der Waals surface area contributed by atoms with Gasteiger partial charge in [-0.05, 0) is 42.3 Å². The number of benzene rings is 2. The molecule has 0 aliphatic carbocycles. The Hall–Kier alpha value is -2.67. The number of sulfone groups is 1. The van der Waals surface area contributed by atoms with Crippen LogP contribution in [0.4, 0.5) is 5.69 Å². The number of hydrogen-bond donors (Lipinski definition) is 2. The van der Waals surface area contributed by atoms with E-state index in [-0.39, 0.29) is 23.0 Å². The molecule has 0 bridgehead atoms. The van der Waals surface area contributed by atoms with Crippen LogP contribution in [-0.4, -0.2) is 31.2 Å². The fourth-order valence-electron chi connectivity index (χ4n) is 2.40. The average Bonchev–Trinajstić information content (AvgIpc) is 2.61. The fourth-order valence-corrected chi connectivity index (χ4v) is 3.35. The molecule has 138 valence electrons. The van der Waals surface area contributed by atoms with Crippen LogP contribution in [0, 0.1) is 0 Å². The Morgan fingerprint density at radius 1 is 1.12 bits per heavy atom. The number of carbonyl (C=O) groups excluding carboxylic acids is 1. The SMILES string of the molecule is CCS(=O)(=O)c1cccc(CC(=O)Nc2ccc(C(C)C(=O)O)cc2)c1. The van der Waals surface area contributed by atoms with E-state index in [2.05, 4.69) is 5.32 Å². The van der Waals surface area contributed by atoms with Gasteiger partial charge in [-0.3, -0.25) is 9.59 Å². The van der Waals surface area contributed by atoms with Gasteiger partial charge in [-0.1, -0.05) is 31.2 Å². The van der Waals surface area contributed by atoms with Crippen molar-refractivity contribution in [2.45, 2.75) is 31.1 Å². The first-order valence-corrected chi connectivity index (χ1v) is 9.82. The van der Waals surface area contributed by atoms with Crippen LogP contribution in [0.5, 0.6) is 0 Å². The molecule has 2 rings (SSSR count). The van der Waals surface area contributed by atoms with E-state index in [1.54, 1.807) is 50.2 Å². The molecule has 1 amide bonds. The Kier molecular flexibility index (Phi) is 6.15. The minimum Gasteiger partial charge on any atom is -0.481 e. The predicted molar refractivity (Wildman–Crippen MR) is 99.0 cm³/mol. The number of carboxylic acid groups (broad SMARTS) is 1. The molecule has 2 aromatic carbocycles.